The van der Waals surface area contributed by atoms with Crippen LogP contribution in [0.3, 0.4) is 0 Å². The van der Waals surface area contributed by atoms with Gasteiger partial charge in [-0.3, -0.25) is 4.79 Å². The fourth-order valence-electron chi connectivity index (χ4n) is 2.08. The van der Waals surface area contributed by atoms with Crippen molar-refractivity contribution >= 4 is 45.7 Å². The van der Waals surface area contributed by atoms with Crippen LogP contribution in [0.4, 0.5) is 0 Å². The molecule has 0 aliphatic rings. The summed E-state index contributed by atoms with van der Waals surface area (Å²) in [4.78, 5) is 17.9. The number of carbonyl (C=O) groups is 1. The summed E-state index contributed by atoms with van der Waals surface area (Å²) in [7, 11) is 0.450. The molecule has 0 fully saturated rings. The standard InChI is InChI=1S/C18H30N4O4S.HI/c1-5-19-18(20-10-11-26-12-13-27(4,24)25)21-14-15-6-8-16(9-7-15)17(23)22(2)3;/h6-9H,5,10-14H2,1-4H3,(H2,19,20,21);1H. The van der Waals surface area contributed by atoms with Gasteiger partial charge in [-0.1, -0.05) is 12.1 Å². The van der Waals surface area contributed by atoms with Gasteiger partial charge in [-0.25, -0.2) is 13.4 Å². The maximum atomic E-state index is 11.9. The monoisotopic (exact) mass is 526 g/mol. The molecule has 28 heavy (non-hydrogen) atoms. The van der Waals surface area contributed by atoms with Gasteiger partial charge in [0.1, 0.15) is 9.84 Å². The lowest BCUT2D eigenvalue weighted by Gasteiger charge is -2.12. The van der Waals surface area contributed by atoms with Crippen LogP contribution >= 0.6 is 24.0 Å². The molecule has 2 N–H and O–H groups in total. The number of hydrogen-bond donors (Lipinski definition) is 2. The van der Waals surface area contributed by atoms with Gasteiger partial charge in [-0.2, -0.15) is 0 Å². The van der Waals surface area contributed by atoms with Gasteiger partial charge >= 0.3 is 0 Å². The van der Waals surface area contributed by atoms with E-state index in [1.54, 1.807) is 31.1 Å². The summed E-state index contributed by atoms with van der Waals surface area (Å²) in [5.74, 6) is 0.640. The topological polar surface area (TPSA) is 100 Å². The van der Waals surface area contributed by atoms with Crippen molar-refractivity contribution in [3.05, 3.63) is 35.4 Å². The van der Waals surface area contributed by atoms with Crippen molar-refractivity contribution in [1.29, 1.82) is 0 Å². The third kappa shape index (κ3) is 11.4. The van der Waals surface area contributed by atoms with E-state index in [1.165, 1.54) is 6.26 Å². The maximum Gasteiger partial charge on any atom is 0.253 e. The number of aliphatic imine (C=N–C) groups is 1. The van der Waals surface area contributed by atoms with Crippen molar-refractivity contribution < 1.29 is 17.9 Å². The lowest BCUT2D eigenvalue weighted by molar-refractivity contribution is 0.0827. The number of nitrogens with zero attached hydrogens (tertiary/aromatic N) is 2. The molecule has 1 amide bonds. The predicted molar refractivity (Wildman–Crippen MR) is 123 cm³/mol. The van der Waals surface area contributed by atoms with Crippen molar-refractivity contribution in [2.45, 2.75) is 13.5 Å². The second kappa shape index (κ2) is 13.7. The maximum absolute atomic E-state index is 11.9. The Morgan fingerprint density at radius 3 is 2.32 bits per heavy atom. The number of halogens is 1. The number of rotatable bonds is 10. The smallest absolute Gasteiger partial charge is 0.253 e. The van der Waals surface area contributed by atoms with Crippen molar-refractivity contribution in [3.8, 4) is 0 Å². The summed E-state index contributed by atoms with van der Waals surface area (Å²) in [6.45, 7) is 4.26. The zero-order chi connectivity index (χ0) is 20.3. The highest BCUT2D eigenvalue weighted by molar-refractivity contribution is 14.0. The molecule has 0 radical (unpaired) electrons. The number of sulfone groups is 1. The highest BCUT2D eigenvalue weighted by Gasteiger charge is 2.07. The van der Waals surface area contributed by atoms with Crippen LogP contribution < -0.4 is 10.6 Å². The molecule has 0 unspecified atom stereocenters. The summed E-state index contributed by atoms with van der Waals surface area (Å²) < 4.78 is 27.3. The summed E-state index contributed by atoms with van der Waals surface area (Å²) in [6, 6.07) is 7.36. The Morgan fingerprint density at radius 1 is 1.14 bits per heavy atom. The molecule has 0 aliphatic carbocycles. The van der Waals surface area contributed by atoms with Gasteiger partial charge in [0.15, 0.2) is 5.96 Å². The second-order valence-electron chi connectivity index (χ2n) is 6.26. The molecule has 0 aliphatic heterocycles. The number of hydrogen-bond acceptors (Lipinski definition) is 5. The molecule has 0 saturated heterocycles. The van der Waals surface area contributed by atoms with E-state index in [0.29, 0.717) is 31.2 Å². The van der Waals surface area contributed by atoms with Crippen LogP contribution in [0.2, 0.25) is 0 Å². The molecule has 160 valence electrons. The first-order valence-electron chi connectivity index (χ1n) is 8.81. The van der Waals surface area contributed by atoms with E-state index in [2.05, 4.69) is 15.6 Å². The highest BCUT2D eigenvalue weighted by Crippen LogP contribution is 2.07. The normalized spacial score (nSPS) is 11.5. The first kappa shape index (κ1) is 26.6. The number of ether oxygens (including phenoxy) is 1. The van der Waals surface area contributed by atoms with Gasteiger partial charge in [0.25, 0.3) is 5.91 Å². The molecule has 0 bridgehead atoms. The molecule has 0 aromatic heterocycles. The van der Waals surface area contributed by atoms with Gasteiger partial charge in [0.05, 0.1) is 25.5 Å². The minimum absolute atomic E-state index is 0. The van der Waals surface area contributed by atoms with Gasteiger partial charge in [-0.05, 0) is 24.6 Å². The summed E-state index contributed by atoms with van der Waals surface area (Å²) in [6.07, 6.45) is 1.19. The average molecular weight is 526 g/mol. The van der Waals surface area contributed by atoms with Crippen LogP contribution in [0.15, 0.2) is 29.3 Å². The largest absolute Gasteiger partial charge is 0.379 e. The minimum Gasteiger partial charge on any atom is -0.379 e. The third-order valence-electron chi connectivity index (χ3n) is 3.51. The van der Waals surface area contributed by atoms with E-state index in [0.717, 1.165) is 12.1 Å². The summed E-state index contributed by atoms with van der Waals surface area (Å²) >= 11 is 0. The van der Waals surface area contributed by atoms with E-state index in [9.17, 15) is 13.2 Å². The van der Waals surface area contributed by atoms with E-state index in [1.807, 2.05) is 19.1 Å². The average Bonchev–Trinajstić information content (AvgIpc) is 2.61. The van der Waals surface area contributed by atoms with Crippen molar-refractivity contribution in [3.63, 3.8) is 0 Å². The zero-order valence-electron chi connectivity index (χ0n) is 16.9. The Balaban J connectivity index is 0.00000729. The Hall–Kier alpha value is -1.40. The Morgan fingerprint density at radius 2 is 1.79 bits per heavy atom. The number of amides is 1. The number of nitrogens with one attached hydrogen (secondary N) is 2. The van der Waals surface area contributed by atoms with Crippen LogP contribution in [0.25, 0.3) is 0 Å². The lowest BCUT2D eigenvalue weighted by Crippen LogP contribution is -2.39. The van der Waals surface area contributed by atoms with E-state index >= 15 is 0 Å². The van der Waals surface area contributed by atoms with Crippen LogP contribution in [0, 0.1) is 0 Å². The molecular formula is C18H31IN4O4S. The molecular weight excluding hydrogens is 495 g/mol. The van der Waals surface area contributed by atoms with Crippen molar-refractivity contribution in [2.24, 2.45) is 4.99 Å². The van der Waals surface area contributed by atoms with Gasteiger partial charge in [-0.15, -0.1) is 24.0 Å². The van der Waals surface area contributed by atoms with Crippen LogP contribution in [0.1, 0.15) is 22.8 Å². The molecule has 1 aromatic rings. The number of benzene rings is 1. The summed E-state index contributed by atoms with van der Waals surface area (Å²) in [5.41, 5.74) is 1.64. The molecule has 10 heteroatoms. The van der Waals surface area contributed by atoms with Crippen molar-refractivity contribution in [2.75, 3.05) is 52.4 Å². The third-order valence-corrected chi connectivity index (χ3v) is 4.42. The van der Waals surface area contributed by atoms with E-state index < -0.39 is 9.84 Å². The number of guanidine groups is 1. The lowest BCUT2D eigenvalue weighted by atomic mass is 10.1. The Kier molecular flexibility index (Phi) is 13.0. The van der Waals surface area contributed by atoms with E-state index in [-0.39, 0.29) is 42.2 Å². The first-order valence-corrected chi connectivity index (χ1v) is 10.9. The molecule has 0 saturated carbocycles. The molecule has 1 aromatic carbocycles. The molecule has 0 spiro atoms. The highest BCUT2D eigenvalue weighted by atomic mass is 127. The summed E-state index contributed by atoms with van der Waals surface area (Å²) in [5, 5.41) is 6.28. The van der Waals surface area contributed by atoms with Crippen LogP contribution in [-0.2, 0) is 21.1 Å². The molecule has 8 nitrogen and oxygen atoms in total. The minimum atomic E-state index is -2.99. The van der Waals surface area contributed by atoms with Gasteiger partial charge in [0, 0.05) is 39.0 Å². The Bertz CT molecular complexity index is 722. The molecule has 0 heterocycles. The van der Waals surface area contributed by atoms with Crippen molar-refractivity contribution in [1.82, 2.24) is 15.5 Å². The number of carbonyl (C=O) groups excluding carboxylic acids is 1. The fraction of sp³-hybridized carbons (Fsp3) is 0.556. The first-order chi connectivity index (χ1) is 12.7. The quantitative estimate of drug-likeness (QED) is 0.205. The predicted octanol–water partition coefficient (Wildman–Crippen LogP) is 1.12. The molecule has 1 rings (SSSR count). The Labute approximate surface area is 185 Å². The SMILES string of the molecule is CCNC(=NCc1ccc(C(=O)N(C)C)cc1)NCCOCCS(C)(=O)=O.I. The van der Waals surface area contributed by atoms with Gasteiger partial charge in [0.2, 0.25) is 0 Å². The fourth-order valence-corrected chi connectivity index (χ4v) is 2.50. The second-order valence-corrected chi connectivity index (χ2v) is 8.52. The van der Waals surface area contributed by atoms with Crippen LogP contribution in [-0.4, -0.2) is 77.6 Å². The van der Waals surface area contributed by atoms with E-state index in [4.69, 9.17) is 4.74 Å². The van der Waals surface area contributed by atoms with Gasteiger partial charge < -0.3 is 20.3 Å². The zero-order valence-corrected chi connectivity index (χ0v) is 20.0. The van der Waals surface area contributed by atoms with Crippen LogP contribution in [0.5, 0.6) is 0 Å². The molecule has 0 atom stereocenters.